The van der Waals surface area contributed by atoms with Gasteiger partial charge < -0.3 is 15.0 Å². The minimum absolute atomic E-state index is 0.174. The van der Waals surface area contributed by atoms with Crippen molar-refractivity contribution in [2.45, 2.75) is 32.3 Å². The molecule has 1 aliphatic rings. The number of alkyl halides is 2. The van der Waals surface area contributed by atoms with Crippen molar-refractivity contribution in [3.05, 3.63) is 71.1 Å². The van der Waals surface area contributed by atoms with E-state index in [4.69, 9.17) is 4.74 Å². The van der Waals surface area contributed by atoms with Crippen molar-refractivity contribution in [1.82, 2.24) is 29.7 Å². The molecule has 2 N–H and O–H groups in total. The molecule has 1 aliphatic heterocycles. The number of nitrogens with one attached hydrogen (secondary N) is 2. The highest BCUT2D eigenvalue weighted by Gasteiger charge is 2.39. The Hall–Kier alpha value is -3.44. The number of benzene rings is 1. The molecule has 8 nitrogen and oxygen atoms in total. The zero-order valence-electron chi connectivity index (χ0n) is 20.1. The SMILES string of the molecule is Cc1cc(Nc2nc(C(F)(F)c3ccc(F)cc3)nn3cc(COCC4CCCN(C)C4)cc23)n[nH]1. The predicted octanol–water partition coefficient (Wildman–Crippen LogP) is 4.64. The van der Waals surface area contributed by atoms with Crippen LogP contribution in [0.5, 0.6) is 0 Å². The van der Waals surface area contributed by atoms with Gasteiger partial charge in [0.2, 0.25) is 5.82 Å². The average Bonchev–Trinajstić information content (AvgIpc) is 3.45. The summed E-state index contributed by atoms with van der Waals surface area (Å²) in [5, 5.41) is 14.1. The van der Waals surface area contributed by atoms with Crippen molar-refractivity contribution in [2.24, 2.45) is 5.92 Å². The number of aromatic nitrogens is 5. The third-order valence-electron chi connectivity index (χ3n) is 6.30. The quantitative estimate of drug-likeness (QED) is 0.368. The van der Waals surface area contributed by atoms with Gasteiger partial charge in [0.05, 0.1) is 13.2 Å². The van der Waals surface area contributed by atoms with Crippen LogP contribution in [0.25, 0.3) is 5.52 Å². The molecular formula is C25H28F3N7O. The second-order valence-corrected chi connectivity index (χ2v) is 9.39. The molecule has 1 unspecified atom stereocenters. The second-order valence-electron chi connectivity index (χ2n) is 9.39. The van der Waals surface area contributed by atoms with Gasteiger partial charge in [-0.1, -0.05) is 0 Å². The number of aryl methyl sites for hydroxylation is 1. The molecular weight excluding hydrogens is 471 g/mol. The molecule has 0 bridgehead atoms. The van der Waals surface area contributed by atoms with Gasteiger partial charge in [-0.2, -0.15) is 13.9 Å². The summed E-state index contributed by atoms with van der Waals surface area (Å²) in [6, 6.07) is 7.60. The van der Waals surface area contributed by atoms with E-state index in [1.807, 2.05) is 13.0 Å². The van der Waals surface area contributed by atoms with Crippen molar-refractivity contribution >= 4 is 17.2 Å². The normalized spacial score (nSPS) is 17.1. The number of halogens is 3. The molecule has 190 valence electrons. The molecule has 1 atom stereocenters. The van der Waals surface area contributed by atoms with Gasteiger partial charge in [0.15, 0.2) is 11.6 Å². The Bertz CT molecular complexity index is 1340. The number of anilines is 2. The van der Waals surface area contributed by atoms with E-state index in [0.29, 0.717) is 30.5 Å². The number of hydrogen-bond acceptors (Lipinski definition) is 6. The summed E-state index contributed by atoms with van der Waals surface area (Å²) in [5.74, 6) is -3.78. The van der Waals surface area contributed by atoms with Gasteiger partial charge in [0, 0.05) is 30.1 Å². The third-order valence-corrected chi connectivity index (χ3v) is 6.30. The summed E-state index contributed by atoms with van der Waals surface area (Å²) < 4.78 is 51.4. The van der Waals surface area contributed by atoms with E-state index in [-0.39, 0.29) is 5.82 Å². The molecule has 11 heteroatoms. The molecule has 1 aromatic carbocycles. The standard InChI is InChI=1S/C25H28F3N7O/c1-16-10-22(32-31-16)29-23-21-11-18(15-36-14-17-4-3-9-34(2)12-17)13-35(21)33-24(30-23)25(27,28)19-5-7-20(26)8-6-19/h5-8,10-11,13,17H,3-4,9,12,14-15H2,1-2H3,(H2,29,30,31,32,33). The first kappa shape index (κ1) is 24.3. The van der Waals surface area contributed by atoms with Crippen LogP contribution in [0.3, 0.4) is 0 Å². The Labute approximate surface area is 206 Å². The Morgan fingerprint density at radius 1 is 1.22 bits per heavy atom. The number of ether oxygens (including phenoxy) is 1. The van der Waals surface area contributed by atoms with Gasteiger partial charge in [0.1, 0.15) is 11.3 Å². The number of nitrogens with zero attached hydrogens (tertiary/aromatic N) is 5. The van der Waals surface area contributed by atoms with Gasteiger partial charge in [0.25, 0.3) is 0 Å². The number of fused-ring (bicyclic) bond motifs is 1. The molecule has 3 aromatic heterocycles. The Kier molecular flexibility index (Phi) is 6.67. The van der Waals surface area contributed by atoms with Crippen LogP contribution in [0, 0.1) is 18.7 Å². The maximum Gasteiger partial charge on any atom is 0.333 e. The van der Waals surface area contributed by atoms with Crippen molar-refractivity contribution in [3.63, 3.8) is 0 Å². The molecule has 1 fully saturated rings. The van der Waals surface area contributed by atoms with Crippen LogP contribution >= 0.6 is 0 Å². The first-order chi connectivity index (χ1) is 17.3. The summed E-state index contributed by atoms with van der Waals surface area (Å²) in [6.45, 7) is 4.90. The highest BCUT2D eigenvalue weighted by atomic mass is 19.3. The molecule has 1 saturated heterocycles. The number of rotatable bonds is 8. The van der Waals surface area contributed by atoms with E-state index in [1.54, 1.807) is 12.3 Å². The van der Waals surface area contributed by atoms with Crippen molar-refractivity contribution in [3.8, 4) is 0 Å². The predicted molar refractivity (Wildman–Crippen MR) is 129 cm³/mol. The van der Waals surface area contributed by atoms with Crippen LogP contribution in [0.1, 0.15) is 35.5 Å². The monoisotopic (exact) mass is 499 g/mol. The highest BCUT2D eigenvalue weighted by Crippen LogP contribution is 2.35. The minimum atomic E-state index is -3.55. The lowest BCUT2D eigenvalue weighted by atomic mass is 10.00. The number of piperidine rings is 1. The smallest absolute Gasteiger partial charge is 0.333 e. The number of aromatic amines is 1. The third kappa shape index (κ3) is 5.21. The fourth-order valence-electron chi connectivity index (χ4n) is 4.50. The summed E-state index contributed by atoms with van der Waals surface area (Å²) in [4.78, 5) is 6.47. The lowest BCUT2D eigenvalue weighted by Gasteiger charge is -2.29. The number of H-pyrrole nitrogens is 1. The first-order valence-corrected chi connectivity index (χ1v) is 11.9. The summed E-state index contributed by atoms with van der Waals surface area (Å²) in [5.41, 5.74) is 1.69. The van der Waals surface area contributed by atoms with E-state index in [9.17, 15) is 4.39 Å². The lowest BCUT2D eigenvalue weighted by Crippen LogP contribution is -2.34. The van der Waals surface area contributed by atoms with Crippen LogP contribution in [-0.2, 0) is 17.3 Å². The van der Waals surface area contributed by atoms with Crippen LogP contribution in [-0.4, -0.2) is 56.4 Å². The molecule has 4 heterocycles. The van der Waals surface area contributed by atoms with Gasteiger partial charge in [-0.25, -0.2) is 13.9 Å². The average molecular weight is 500 g/mol. The van der Waals surface area contributed by atoms with Crippen LogP contribution < -0.4 is 5.32 Å². The van der Waals surface area contributed by atoms with Gasteiger partial charge in [-0.15, -0.1) is 5.10 Å². The van der Waals surface area contributed by atoms with Crippen LogP contribution in [0.4, 0.5) is 24.8 Å². The fourth-order valence-corrected chi connectivity index (χ4v) is 4.50. The molecule has 0 spiro atoms. The molecule has 0 aliphatic carbocycles. The topological polar surface area (TPSA) is 83.4 Å². The van der Waals surface area contributed by atoms with E-state index in [0.717, 1.165) is 61.5 Å². The molecule has 5 rings (SSSR count). The maximum atomic E-state index is 15.4. The van der Waals surface area contributed by atoms with Crippen molar-refractivity contribution < 1.29 is 17.9 Å². The summed E-state index contributed by atoms with van der Waals surface area (Å²) in [7, 11) is 2.11. The first-order valence-electron chi connectivity index (χ1n) is 11.9. The minimum Gasteiger partial charge on any atom is -0.376 e. The zero-order valence-corrected chi connectivity index (χ0v) is 20.1. The number of hydrogen-bond donors (Lipinski definition) is 2. The lowest BCUT2D eigenvalue weighted by molar-refractivity contribution is 0.0315. The molecule has 36 heavy (non-hydrogen) atoms. The largest absolute Gasteiger partial charge is 0.376 e. The molecule has 0 saturated carbocycles. The van der Waals surface area contributed by atoms with E-state index in [2.05, 4.69) is 37.5 Å². The van der Waals surface area contributed by atoms with Crippen molar-refractivity contribution in [1.29, 1.82) is 0 Å². The van der Waals surface area contributed by atoms with Gasteiger partial charge in [-0.05, 0) is 75.2 Å². The Morgan fingerprint density at radius 3 is 2.75 bits per heavy atom. The molecule has 0 radical (unpaired) electrons. The Balaban J connectivity index is 1.44. The van der Waals surface area contributed by atoms with Crippen LogP contribution in [0.15, 0.2) is 42.6 Å². The summed E-state index contributed by atoms with van der Waals surface area (Å²) >= 11 is 0. The second kappa shape index (κ2) is 9.90. The number of likely N-dealkylation sites (tertiary alicyclic amines) is 1. The Morgan fingerprint density at radius 2 is 2.03 bits per heavy atom. The van der Waals surface area contributed by atoms with Gasteiger partial charge >= 0.3 is 5.92 Å². The van der Waals surface area contributed by atoms with E-state index < -0.39 is 23.1 Å². The highest BCUT2D eigenvalue weighted by molar-refractivity contribution is 5.73. The van der Waals surface area contributed by atoms with E-state index in [1.165, 1.54) is 4.52 Å². The zero-order chi connectivity index (χ0) is 25.3. The molecule has 4 aromatic rings. The maximum absolute atomic E-state index is 15.4. The van der Waals surface area contributed by atoms with Crippen molar-refractivity contribution in [2.75, 3.05) is 32.1 Å². The molecule has 0 amide bonds. The van der Waals surface area contributed by atoms with Gasteiger partial charge in [-0.3, -0.25) is 5.10 Å². The summed E-state index contributed by atoms with van der Waals surface area (Å²) in [6.07, 6.45) is 3.95. The fraction of sp³-hybridized carbons (Fsp3) is 0.400. The van der Waals surface area contributed by atoms with E-state index >= 15 is 8.78 Å². The van der Waals surface area contributed by atoms with Crippen LogP contribution in [0.2, 0.25) is 0 Å².